The molecule has 2 aromatic carbocycles. The fraction of sp³-hybridized carbons (Fsp3) is 0.400. The molecule has 4 rings (SSSR count). The van der Waals surface area contributed by atoms with Gasteiger partial charge in [-0.1, -0.05) is 24.3 Å². The minimum atomic E-state index is 0.469. The summed E-state index contributed by atoms with van der Waals surface area (Å²) in [4.78, 5) is 2.54. The quantitative estimate of drug-likeness (QED) is 0.794. The molecule has 120 valence electrons. The average Bonchev–Trinajstić information content (AvgIpc) is 2.90. The van der Waals surface area contributed by atoms with Crippen LogP contribution in [0.1, 0.15) is 25.5 Å². The molecule has 1 aliphatic rings. The molecule has 0 aliphatic carbocycles. The van der Waals surface area contributed by atoms with Gasteiger partial charge in [-0.05, 0) is 37.6 Å². The predicted molar refractivity (Wildman–Crippen MR) is 98.0 cm³/mol. The summed E-state index contributed by atoms with van der Waals surface area (Å²) in [5, 5.41) is 6.19. The molecule has 3 aromatic rings. The molecular formula is C20H25N3. The first kappa shape index (κ1) is 14.7. The summed E-state index contributed by atoms with van der Waals surface area (Å²) in [6, 6.07) is 16.3. The van der Waals surface area contributed by atoms with Gasteiger partial charge in [0.05, 0.1) is 0 Å². The van der Waals surface area contributed by atoms with E-state index < -0.39 is 0 Å². The van der Waals surface area contributed by atoms with E-state index >= 15 is 0 Å². The lowest BCUT2D eigenvalue weighted by molar-refractivity contribution is 0.233. The van der Waals surface area contributed by atoms with Crippen molar-refractivity contribution in [2.45, 2.75) is 26.4 Å². The van der Waals surface area contributed by atoms with E-state index in [2.05, 4.69) is 71.1 Å². The van der Waals surface area contributed by atoms with Crippen LogP contribution in [0.25, 0.3) is 21.8 Å². The normalized spacial score (nSPS) is 16.7. The average molecular weight is 307 g/mol. The second-order valence-electron chi connectivity index (χ2n) is 6.86. The number of piperazine rings is 1. The maximum absolute atomic E-state index is 3.43. The molecule has 0 bridgehead atoms. The molecule has 3 heteroatoms. The summed E-state index contributed by atoms with van der Waals surface area (Å²) in [6.45, 7) is 10.1. The molecule has 1 fully saturated rings. The number of rotatable bonds is 3. The van der Waals surface area contributed by atoms with E-state index in [9.17, 15) is 0 Å². The number of para-hydroxylation sites is 1. The Balaban J connectivity index is 1.80. The van der Waals surface area contributed by atoms with Crippen LogP contribution in [-0.2, 0) is 6.54 Å². The van der Waals surface area contributed by atoms with Crippen molar-refractivity contribution in [3.63, 3.8) is 0 Å². The third-order valence-corrected chi connectivity index (χ3v) is 4.91. The monoisotopic (exact) mass is 307 g/mol. The van der Waals surface area contributed by atoms with Gasteiger partial charge >= 0.3 is 0 Å². The molecule has 1 saturated heterocycles. The first-order valence-electron chi connectivity index (χ1n) is 8.68. The van der Waals surface area contributed by atoms with Crippen LogP contribution in [0.5, 0.6) is 0 Å². The van der Waals surface area contributed by atoms with Crippen molar-refractivity contribution < 1.29 is 0 Å². The number of aromatic nitrogens is 1. The van der Waals surface area contributed by atoms with E-state index in [1.165, 1.54) is 27.4 Å². The third kappa shape index (κ3) is 2.64. The molecule has 1 aliphatic heterocycles. The molecule has 0 amide bonds. The highest BCUT2D eigenvalue weighted by Crippen LogP contribution is 2.32. The van der Waals surface area contributed by atoms with E-state index in [1.54, 1.807) is 0 Å². The first-order valence-corrected chi connectivity index (χ1v) is 8.68. The van der Waals surface area contributed by atoms with Crippen LogP contribution in [-0.4, -0.2) is 35.6 Å². The van der Waals surface area contributed by atoms with Crippen LogP contribution in [0, 0.1) is 0 Å². The zero-order valence-electron chi connectivity index (χ0n) is 14.0. The molecule has 1 N–H and O–H groups in total. The number of nitrogens with one attached hydrogen (secondary N) is 1. The molecule has 1 aromatic heterocycles. The molecule has 3 nitrogen and oxygen atoms in total. The Morgan fingerprint density at radius 2 is 1.70 bits per heavy atom. The van der Waals surface area contributed by atoms with Gasteiger partial charge in [0.2, 0.25) is 0 Å². The van der Waals surface area contributed by atoms with E-state index in [1.807, 2.05) is 0 Å². The highest BCUT2D eigenvalue weighted by molar-refractivity contribution is 6.08. The second kappa shape index (κ2) is 5.99. The lowest BCUT2D eigenvalue weighted by atomic mass is 10.1. The van der Waals surface area contributed by atoms with Crippen LogP contribution >= 0.6 is 0 Å². The zero-order chi connectivity index (χ0) is 15.8. The molecule has 0 saturated carbocycles. The molecule has 23 heavy (non-hydrogen) atoms. The number of hydrogen-bond acceptors (Lipinski definition) is 2. The smallest absolute Gasteiger partial charge is 0.0494 e. The summed E-state index contributed by atoms with van der Waals surface area (Å²) in [5.41, 5.74) is 4.12. The largest absolute Gasteiger partial charge is 0.338 e. The highest BCUT2D eigenvalue weighted by Gasteiger charge is 2.14. The van der Waals surface area contributed by atoms with Crippen LogP contribution < -0.4 is 5.32 Å². The molecule has 0 spiro atoms. The van der Waals surface area contributed by atoms with Crippen molar-refractivity contribution in [1.29, 1.82) is 0 Å². The van der Waals surface area contributed by atoms with Gasteiger partial charge in [-0.2, -0.15) is 0 Å². The Morgan fingerprint density at radius 1 is 0.957 bits per heavy atom. The van der Waals surface area contributed by atoms with Gasteiger partial charge in [-0.25, -0.2) is 0 Å². The molecule has 0 atom stereocenters. The standard InChI is InChI=1S/C20H25N3/c1-15(2)23-19-6-4-3-5-17(19)18-13-16(7-8-20(18)23)14-22-11-9-21-10-12-22/h3-8,13,15,21H,9-12,14H2,1-2H3. The summed E-state index contributed by atoms with van der Waals surface area (Å²) in [6.07, 6.45) is 0. The fourth-order valence-electron chi connectivity index (χ4n) is 3.83. The lowest BCUT2D eigenvalue weighted by Gasteiger charge is -2.27. The van der Waals surface area contributed by atoms with Gasteiger partial charge < -0.3 is 9.88 Å². The van der Waals surface area contributed by atoms with E-state index in [-0.39, 0.29) is 0 Å². The maximum atomic E-state index is 3.43. The van der Waals surface area contributed by atoms with Crippen LogP contribution in [0.15, 0.2) is 42.5 Å². The van der Waals surface area contributed by atoms with Gasteiger partial charge in [-0.15, -0.1) is 0 Å². The van der Waals surface area contributed by atoms with Gasteiger partial charge in [0.1, 0.15) is 0 Å². The summed E-state index contributed by atoms with van der Waals surface area (Å²) in [5.74, 6) is 0. The van der Waals surface area contributed by atoms with Crippen molar-refractivity contribution in [3.8, 4) is 0 Å². The van der Waals surface area contributed by atoms with E-state index in [0.717, 1.165) is 32.7 Å². The third-order valence-electron chi connectivity index (χ3n) is 4.91. The SMILES string of the molecule is CC(C)n1c2ccccc2c2cc(CN3CCNCC3)ccc21. The van der Waals surface area contributed by atoms with Gasteiger partial charge in [0, 0.05) is 60.6 Å². The van der Waals surface area contributed by atoms with Crippen LogP contribution in [0.4, 0.5) is 0 Å². The first-order chi connectivity index (χ1) is 11.2. The van der Waals surface area contributed by atoms with Gasteiger partial charge in [-0.3, -0.25) is 4.90 Å². The number of nitrogens with zero attached hydrogens (tertiary/aromatic N) is 2. The number of hydrogen-bond donors (Lipinski definition) is 1. The van der Waals surface area contributed by atoms with Crippen molar-refractivity contribution in [2.24, 2.45) is 0 Å². The molecule has 0 radical (unpaired) electrons. The Morgan fingerprint density at radius 3 is 2.48 bits per heavy atom. The van der Waals surface area contributed by atoms with Gasteiger partial charge in [0.25, 0.3) is 0 Å². The number of fused-ring (bicyclic) bond motifs is 3. The summed E-state index contributed by atoms with van der Waals surface area (Å²) >= 11 is 0. The fourth-order valence-corrected chi connectivity index (χ4v) is 3.83. The predicted octanol–water partition coefficient (Wildman–Crippen LogP) is 3.78. The van der Waals surface area contributed by atoms with Crippen molar-refractivity contribution >= 4 is 21.8 Å². The zero-order valence-corrected chi connectivity index (χ0v) is 14.0. The minimum Gasteiger partial charge on any atom is -0.338 e. The van der Waals surface area contributed by atoms with Crippen molar-refractivity contribution in [2.75, 3.05) is 26.2 Å². The molecule has 0 unspecified atom stereocenters. The Bertz CT molecular complexity index is 825. The van der Waals surface area contributed by atoms with Gasteiger partial charge in [0.15, 0.2) is 0 Å². The topological polar surface area (TPSA) is 20.2 Å². The lowest BCUT2D eigenvalue weighted by Crippen LogP contribution is -2.42. The summed E-state index contributed by atoms with van der Waals surface area (Å²) < 4.78 is 2.46. The highest BCUT2D eigenvalue weighted by atomic mass is 15.2. The number of benzene rings is 2. The van der Waals surface area contributed by atoms with Crippen LogP contribution in [0.2, 0.25) is 0 Å². The van der Waals surface area contributed by atoms with E-state index in [0.29, 0.717) is 6.04 Å². The van der Waals surface area contributed by atoms with Crippen LogP contribution in [0.3, 0.4) is 0 Å². The second-order valence-corrected chi connectivity index (χ2v) is 6.86. The van der Waals surface area contributed by atoms with E-state index in [4.69, 9.17) is 0 Å². The minimum absolute atomic E-state index is 0.469. The Kier molecular flexibility index (Phi) is 3.83. The Labute approximate surface area is 137 Å². The molecule has 2 heterocycles. The maximum Gasteiger partial charge on any atom is 0.0494 e. The van der Waals surface area contributed by atoms with Crippen molar-refractivity contribution in [3.05, 3.63) is 48.0 Å². The van der Waals surface area contributed by atoms with Crippen molar-refractivity contribution in [1.82, 2.24) is 14.8 Å². The molecular weight excluding hydrogens is 282 g/mol. The Hall–Kier alpha value is -1.84. The summed E-state index contributed by atoms with van der Waals surface area (Å²) in [7, 11) is 0.